The van der Waals surface area contributed by atoms with Crippen LogP contribution in [0.15, 0.2) is 95.9 Å². The highest BCUT2D eigenvalue weighted by Crippen LogP contribution is 2.30. The topological polar surface area (TPSA) is 9.23 Å². The van der Waals surface area contributed by atoms with E-state index in [1.807, 2.05) is 66.7 Å². The van der Waals surface area contributed by atoms with Crippen molar-refractivity contribution in [3.05, 3.63) is 107 Å². The van der Waals surface area contributed by atoms with E-state index in [2.05, 4.69) is 0 Å². The summed E-state index contributed by atoms with van der Waals surface area (Å²) in [7, 11) is 0. The maximum atomic E-state index is 12.9. The highest BCUT2D eigenvalue weighted by Gasteiger charge is 2.11. The van der Waals surface area contributed by atoms with Gasteiger partial charge in [0.15, 0.2) is 0 Å². The van der Waals surface area contributed by atoms with Crippen molar-refractivity contribution in [2.24, 2.45) is 0 Å². The van der Waals surface area contributed by atoms with Crippen molar-refractivity contribution < 1.29 is 13.5 Å². The second-order valence-corrected chi connectivity index (χ2v) is 8.27. The lowest BCUT2D eigenvalue weighted by Crippen LogP contribution is -2.02. The zero-order chi connectivity index (χ0) is 20.5. The van der Waals surface area contributed by atoms with E-state index in [9.17, 15) is 8.78 Å². The number of aryl methyl sites for hydroxylation is 1. The maximum absolute atomic E-state index is 12.9. The fourth-order valence-corrected chi connectivity index (χ4v) is 3.98. The Balaban J connectivity index is 1.54. The lowest BCUT2D eigenvalue weighted by molar-refractivity contribution is 0.306. The lowest BCUT2D eigenvalue weighted by atomic mass is 10.1. The van der Waals surface area contributed by atoms with Gasteiger partial charge in [-0.05, 0) is 66.4 Å². The van der Waals surface area contributed by atoms with Gasteiger partial charge >= 0.3 is 0 Å². The molecule has 5 heteroatoms. The molecule has 1 atom stereocenters. The average molecular weight is 431 g/mol. The van der Waals surface area contributed by atoms with Crippen molar-refractivity contribution in [2.45, 2.75) is 29.6 Å². The van der Waals surface area contributed by atoms with Gasteiger partial charge in [0.25, 0.3) is 6.08 Å². The predicted molar refractivity (Wildman–Crippen MR) is 117 cm³/mol. The number of hydrogen-bond donors (Lipinski definition) is 0. The zero-order valence-corrected chi connectivity index (χ0v) is 17.3. The molecule has 0 saturated heterocycles. The fourth-order valence-electron chi connectivity index (χ4n) is 2.81. The largest absolute Gasteiger partial charge is 0.489 e. The number of rotatable bonds is 9. The van der Waals surface area contributed by atoms with Crippen molar-refractivity contribution in [2.75, 3.05) is 0 Å². The third-order valence-electron chi connectivity index (χ3n) is 4.30. The van der Waals surface area contributed by atoms with Gasteiger partial charge in [0.2, 0.25) is 0 Å². The van der Waals surface area contributed by atoms with Crippen molar-refractivity contribution in [3.8, 4) is 5.75 Å². The van der Waals surface area contributed by atoms with Gasteiger partial charge in [-0.3, -0.25) is 0 Å². The molecule has 0 aliphatic heterocycles. The summed E-state index contributed by atoms with van der Waals surface area (Å²) in [5, 5.41) is 0.322. The number of thioether (sulfide) groups is 1. The molecule has 0 saturated carbocycles. The van der Waals surface area contributed by atoms with Crippen LogP contribution in [0.4, 0.5) is 8.78 Å². The van der Waals surface area contributed by atoms with E-state index in [-0.39, 0.29) is 5.25 Å². The van der Waals surface area contributed by atoms with Crippen LogP contribution in [0.2, 0.25) is 5.02 Å². The van der Waals surface area contributed by atoms with Crippen LogP contribution in [0.5, 0.6) is 5.75 Å². The molecule has 0 unspecified atom stereocenters. The van der Waals surface area contributed by atoms with Crippen molar-refractivity contribution in [1.82, 2.24) is 0 Å². The van der Waals surface area contributed by atoms with Gasteiger partial charge < -0.3 is 4.74 Å². The van der Waals surface area contributed by atoms with Gasteiger partial charge in [-0.25, -0.2) is 0 Å². The van der Waals surface area contributed by atoms with E-state index in [1.165, 1.54) is 11.8 Å². The Morgan fingerprint density at radius 1 is 0.897 bits per heavy atom. The van der Waals surface area contributed by atoms with E-state index in [0.29, 0.717) is 24.5 Å². The number of halogens is 3. The van der Waals surface area contributed by atoms with E-state index >= 15 is 0 Å². The number of benzene rings is 3. The second-order valence-electron chi connectivity index (χ2n) is 6.52. The van der Waals surface area contributed by atoms with E-state index < -0.39 is 6.08 Å². The second kappa shape index (κ2) is 11.0. The van der Waals surface area contributed by atoms with Gasteiger partial charge in [0.05, 0.1) is 0 Å². The molecule has 1 nitrogen and oxygen atoms in total. The quantitative estimate of drug-likeness (QED) is 0.320. The van der Waals surface area contributed by atoms with Gasteiger partial charge in [-0.15, -0.1) is 11.8 Å². The minimum absolute atomic E-state index is 0.310. The molecule has 0 heterocycles. The third-order valence-corrected chi connectivity index (χ3v) is 5.77. The van der Waals surface area contributed by atoms with Crippen LogP contribution in [0.3, 0.4) is 0 Å². The Morgan fingerprint density at radius 2 is 1.59 bits per heavy atom. The Kier molecular flexibility index (Phi) is 8.14. The molecule has 0 spiro atoms. The summed E-state index contributed by atoms with van der Waals surface area (Å²) >= 11 is 7.31. The summed E-state index contributed by atoms with van der Waals surface area (Å²) in [6.07, 6.45) is 0.681. The highest BCUT2D eigenvalue weighted by atomic mass is 35.5. The summed E-state index contributed by atoms with van der Waals surface area (Å²) < 4.78 is 31.5. The zero-order valence-electron chi connectivity index (χ0n) is 15.7. The normalized spacial score (nSPS) is 11.7. The fraction of sp³-hybridized carbons (Fsp3) is 0.167. The molecule has 0 aliphatic rings. The van der Waals surface area contributed by atoms with E-state index in [1.54, 1.807) is 12.1 Å². The molecule has 3 aromatic carbocycles. The Morgan fingerprint density at radius 3 is 2.24 bits per heavy atom. The smallest absolute Gasteiger partial charge is 0.267 e. The van der Waals surface area contributed by atoms with Crippen LogP contribution in [0.1, 0.15) is 17.5 Å². The Hall–Kier alpha value is -2.30. The third kappa shape index (κ3) is 7.56. The maximum Gasteiger partial charge on any atom is 0.267 e. The molecule has 3 aromatic rings. The van der Waals surface area contributed by atoms with Crippen LogP contribution < -0.4 is 4.74 Å². The van der Waals surface area contributed by atoms with Crippen molar-refractivity contribution in [3.63, 3.8) is 0 Å². The molecule has 0 radical (unpaired) electrons. The van der Waals surface area contributed by atoms with Gasteiger partial charge in [0, 0.05) is 15.2 Å². The summed E-state index contributed by atoms with van der Waals surface area (Å²) in [6.45, 7) is 0.514. The van der Waals surface area contributed by atoms with Crippen LogP contribution in [-0.4, -0.2) is 5.25 Å². The van der Waals surface area contributed by atoms with Gasteiger partial charge in [0.1, 0.15) is 12.4 Å². The number of hydrogen-bond acceptors (Lipinski definition) is 2. The van der Waals surface area contributed by atoms with Crippen molar-refractivity contribution >= 4 is 23.4 Å². The molecule has 29 heavy (non-hydrogen) atoms. The first-order chi connectivity index (χ1) is 14.1. The minimum Gasteiger partial charge on any atom is -0.489 e. The molecule has 0 aliphatic carbocycles. The summed E-state index contributed by atoms with van der Waals surface area (Å²) in [4.78, 5) is 0.918. The number of ether oxygens (including phenoxy) is 1. The molecule has 0 fully saturated rings. The summed E-state index contributed by atoms with van der Waals surface area (Å²) in [5.74, 6) is 0.791. The lowest BCUT2D eigenvalue weighted by Gasteiger charge is -2.13. The van der Waals surface area contributed by atoms with Crippen LogP contribution in [-0.2, 0) is 13.0 Å². The van der Waals surface area contributed by atoms with Crippen LogP contribution in [0.25, 0.3) is 0 Å². The van der Waals surface area contributed by atoms with E-state index in [4.69, 9.17) is 16.3 Å². The SMILES string of the molecule is FC(F)=C[C@@H](CCc1ccc(OCc2ccccc2)cc1)Sc1ccc(Cl)cc1. The Labute approximate surface area is 179 Å². The molecule has 0 amide bonds. The first-order valence-corrected chi connectivity index (χ1v) is 10.5. The summed E-state index contributed by atoms with van der Waals surface area (Å²) in [5.41, 5.74) is 2.20. The first kappa shape index (κ1) is 21.4. The van der Waals surface area contributed by atoms with Crippen LogP contribution >= 0.6 is 23.4 Å². The first-order valence-electron chi connectivity index (χ1n) is 9.29. The summed E-state index contributed by atoms with van der Waals surface area (Å²) in [6, 6.07) is 25.0. The molecule has 0 aromatic heterocycles. The molecular formula is C24H21ClF2OS. The van der Waals surface area contributed by atoms with Crippen molar-refractivity contribution in [1.29, 1.82) is 0 Å². The standard InChI is InChI=1S/C24H21ClF2OS/c25-20-9-14-22(15-10-20)29-23(16-24(26)27)13-8-18-6-11-21(12-7-18)28-17-19-4-2-1-3-5-19/h1-7,9-12,14-16,23H,8,13,17H2/t23-/m1/s1. The molecule has 0 bridgehead atoms. The van der Waals surface area contributed by atoms with Gasteiger partial charge in [-0.2, -0.15) is 8.78 Å². The highest BCUT2D eigenvalue weighted by molar-refractivity contribution is 8.00. The molecule has 3 rings (SSSR count). The monoisotopic (exact) mass is 430 g/mol. The van der Waals surface area contributed by atoms with Gasteiger partial charge in [-0.1, -0.05) is 54.1 Å². The van der Waals surface area contributed by atoms with E-state index in [0.717, 1.165) is 27.8 Å². The molecular weight excluding hydrogens is 410 g/mol. The minimum atomic E-state index is -1.65. The molecule has 150 valence electrons. The predicted octanol–water partition coefficient (Wildman–Crippen LogP) is 7.79. The average Bonchev–Trinajstić information content (AvgIpc) is 2.73. The van der Waals surface area contributed by atoms with Crippen LogP contribution in [0, 0.1) is 0 Å². The molecule has 0 N–H and O–H groups in total. The Bertz CT molecular complexity index is 908.